The Labute approximate surface area is 70.8 Å². The van der Waals surface area contributed by atoms with E-state index >= 15 is 0 Å². The number of likely N-dealkylation sites (tertiary alicyclic amines) is 1. The molecule has 0 bridgehead atoms. The summed E-state index contributed by atoms with van der Waals surface area (Å²) in [7, 11) is 2.24. The summed E-state index contributed by atoms with van der Waals surface area (Å²) in [5, 5.41) is 0. The summed E-state index contributed by atoms with van der Waals surface area (Å²) in [6.07, 6.45) is 7.13. The molecule has 1 saturated heterocycles. The Hall–Kier alpha value is -0.0400. The van der Waals surface area contributed by atoms with Crippen LogP contribution in [-0.4, -0.2) is 25.0 Å². The van der Waals surface area contributed by atoms with Crippen LogP contribution in [0.2, 0.25) is 0 Å². The normalized spacial score (nSPS) is 24.5. The Morgan fingerprint density at radius 1 is 1.18 bits per heavy atom. The molecule has 0 aromatic carbocycles. The lowest BCUT2D eigenvalue weighted by molar-refractivity contribution is 0.260. The van der Waals surface area contributed by atoms with E-state index in [0.29, 0.717) is 0 Å². The predicted octanol–water partition coefficient (Wildman–Crippen LogP) is 2.52. The van der Waals surface area contributed by atoms with Crippen molar-refractivity contribution in [3.05, 3.63) is 0 Å². The summed E-state index contributed by atoms with van der Waals surface area (Å²) in [5.41, 5.74) is 0. The Bertz CT molecular complexity index is 91.0. The third-order valence-corrected chi connectivity index (χ3v) is 2.88. The molecule has 0 saturated carbocycles. The molecule has 1 heterocycles. The van der Waals surface area contributed by atoms with E-state index in [-0.39, 0.29) is 0 Å². The molecule has 1 heteroatoms. The van der Waals surface area contributed by atoms with E-state index < -0.39 is 0 Å². The van der Waals surface area contributed by atoms with Crippen molar-refractivity contribution in [2.75, 3.05) is 20.1 Å². The molecule has 0 radical (unpaired) electrons. The highest BCUT2D eigenvalue weighted by Crippen LogP contribution is 2.19. The zero-order chi connectivity index (χ0) is 8.10. The lowest BCUT2D eigenvalue weighted by Gasteiger charge is -2.23. The quantitative estimate of drug-likeness (QED) is 0.562. The molecule has 1 fully saturated rings. The van der Waals surface area contributed by atoms with Crippen LogP contribution in [-0.2, 0) is 0 Å². The van der Waals surface area contributed by atoms with Crippen LogP contribution in [0.3, 0.4) is 0 Å². The van der Waals surface area contributed by atoms with Crippen LogP contribution in [0.4, 0.5) is 0 Å². The van der Waals surface area contributed by atoms with Gasteiger partial charge in [-0.1, -0.05) is 13.3 Å². The summed E-state index contributed by atoms with van der Waals surface area (Å²) < 4.78 is 0. The molecule has 0 aromatic heterocycles. The second-order valence-electron chi connectivity index (χ2n) is 3.86. The maximum Gasteiger partial charge on any atom is -0.00217 e. The van der Waals surface area contributed by atoms with E-state index in [0.717, 1.165) is 5.92 Å². The van der Waals surface area contributed by atoms with Gasteiger partial charge >= 0.3 is 0 Å². The van der Waals surface area contributed by atoms with Gasteiger partial charge in [-0.05, 0) is 51.7 Å². The summed E-state index contributed by atoms with van der Waals surface area (Å²) in [4.78, 5) is 2.46. The van der Waals surface area contributed by atoms with Crippen LogP contribution in [0.1, 0.15) is 39.0 Å². The van der Waals surface area contributed by atoms with E-state index in [4.69, 9.17) is 0 Å². The molecule has 11 heavy (non-hydrogen) atoms. The Morgan fingerprint density at radius 3 is 2.18 bits per heavy atom. The van der Waals surface area contributed by atoms with Crippen LogP contribution in [0.15, 0.2) is 0 Å². The van der Waals surface area contributed by atoms with Gasteiger partial charge in [-0.2, -0.15) is 0 Å². The number of hydrogen-bond acceptors (Lipinski definition) is 1. The highest BCUT2D eigenvalue weighted by atomic mass is 15.1. The smallest absolute Gasteiger partial charge is 0.00217 e. The van der Waals surface area contributed by atoms with E-state index in [1.54, 1.807) is 0 Å². The van der Waals surface area contributed by atoms with Crippen LogP contribution in [0, 0.1) is 5.92 Å². The average Bonchev–Trinajstić information content (AvgIpc) is 1.96. The molecule has 1 rings (SSSR count). The van der Waals surface area contributed by atoms with E-state index in [9.17, 15) is 0 Å². The van der Waals surface area contributed by atoms with Gasteiger partial charge < -0.3 is 4.90 Å². The van der Waals surface area contributed by atoms with Crippen LogP contribution in [0.5, 0.6) is 0 Å². The average molecular weight is 155 g/mol. The van der Waals surface area contributed by atoms with Crippen LogP contribution in [0.25, 0.3) is 0 Å². The van der Waals surface area contributed by atoms with Crippen molar-refractivity contribution in [1.29, 1.82) is 0 Å². The zero-order valence-corrected chi connectivity index (χ0v) is 7.97. The molecule has 0 N–H and O–H groups in total. The van der Waals surface area contributed by atoms with Crippen molar-refractivity contribution in [3.8, 4) is 0 Å². The first-order valence-electron chi connectivity index (χ1n) is 5.01. The summed E-state index contributed by atoms with van der Waals surface area (Å²) in [5.74, 6) is 1.03. The molecular formula is C10H21N. The van der Waals surface area contributed by atoms with Gasteiger partial charge in [-0.3, -0.25) is 0 Å². The SMILES string of the molecule is CCC1CCCN(C)CCC1. The van der Waals surface area contributed by atoms with Crippen molar-refractivity contribution >= 4 is 0 Å². The summed E-state index contributed by atoms with van der Waals surface area (Å²) in [6, 6.07) is 0. The lowest BCUT2D eigenvalue weighted by atomic mass is 9.93. The molecule has 0 unspecified atom stereocenters. The monoisotopic (exact) mass is 155 g/mol. The minimum absolute atomic E-state index is 1.03. The van der Waals surface area contributed by atoms with Crippen LogP contribution < -0.4 is 0 Å². The molecule has 0 aliphatic carbocycles. The summed E-state index contributed by atoms with van der Waals surface area (Å²) >= 11 is 0. The molecule has 0 amide bonds. The van der Waals surface area contributed by atoms with Gasteiger partial charge in [0.05, 0.1) is 0 Å². The van der Waals surface area contributed by atoms with Crippen molar-refractivity contribution < 1.29 is 0 Å². The Kier molecular flexibility index (Phi) is 3.92. The van der Waals surface area contributed by atoms with Gasteiger partial charge in [0.2, 0.25) is 0 Å². The highest BCUT2D eigenvalue weighted by Gasteiger charge is 2.10. The van der Waals surface area contributed by atoms with Crippen molar-refractivity contribution in [2.24, 2.45) is 5.92 Å². The largest absolute Gasteiger partial charge is 0.306 e. The molecular weight excluding hydrogens is 134 g/mol. The van der Waals surface area contributed by atoms with Crippen molar-refractivity contribution in [3.63, 3.8) is 0 Å². The first kappa shape index (κ1) is 9.05. The lowest BCUT2D eigenvalue weighted by Crippen LogP contribution is -2.24. The van der Waals surface area contributed by atoms with Crippen molar-refractivity contribution in [1.82, 2.24) is 4.90 Å². The molecule has 0 aromatic rings. The minimum Gasteiger partial charge on any atom is -0.306 e. The van der Waals surface area contributed by atoms with Gasteiger partial charge in [-0.25, -0.2) is 0 Å². The molecule has 1 aliphatic rings. The second-order valence-corrected chi connectivity index (χ2v) is 3.86. The first-order valence-corrected chi connectivity index (χ1v) is 5.01. The number of hydrogen-bond donors (Lipinski definition) is 0. The second kappa shape index (κ2) is 4.76. The van der Waals surface area contributed by atoms with E-state index in [1.165, 1.54) is 45.2 Å². The van der Waals surface area contributed by atoms with Gasteiger partial charge in [0.15, 0.2) is 0 Å². The van der Waals surface area contributed by atoms with Gasteiger partial charge in [0.1, 0.15) is 0 Å². The Morgan fingerprint density at radius 2 is 1.73 bits per heavy atom. The number of rotatable bonds is 1. The number of nitrogens with zero attached hydrogens (tertiary/aromatic N) is 1. The van der Waals surface area contributed by atoms with E-state index in [1.807, 2.05) is 0 Å². The highest BCUT2D eigenvalue weighted by molar-refractivity contribution is 4.64. The Balaban J connectivity index is 2.22. The fourth-order valence-corrected chi connectivity index (χ4v) is 1.96. The molecule has 0 atom stereocenters. The van der Waals surface area contributed by atoms with Crippen LogP contribution >= 0.6 is 0 Å². The third kappa shape index (κ3) is 3.24. The van der Waals surface area contributed by atoms with E-state index in [2.05, 4.69) is 18.9 Å². The molecule has 0 spiro atoms. The topological polar surface area (TPSA) is 3.24 Å². The third-order valence-electron chi connectivity index (χ3n) is 2.88. The molecule has 1 aliphatic heterocycles. The van der Waals surface area contributed by atoms with Gasteiger partial charge in [0.25, 0.3) is 0 Å². The van der Waals surface area contributed by atoms with Gasteiger partial charge in [-0.15, -0.1) is 0 Å². The standard InChI is InChI=1S/C10H21N/c1-3-10-6-4-8-11(2)9-5-7-10/h10H,3-9H2,1-2H3. The summed E-state index contributed by atoms with van der Waals surface area (Å²) in [6.45, 7) is 4.96. The zero-order valence-electron chi connectivity index (χ0n) is 7.97. The maximum atomic E-state index is 2.46. The first-order chi connectivity index (χ1) is 5.33. The fourth-order valence-electron chi connectivity index (χ4n) is 1.96. The molecule has 1 nitrogen and oxygen atoms in total. The predicted molar refractivity (Wildman–Crippen MR) is 49.7 cm³/mol. The maximum absolute atomic E-state index is 2.46. The van der Waals surface area contributed by atoms with Crippen molar-refractivity contribution in [2.45, 2.75) is 39.0 Å². The van der Waals surface area contributed by atoms with Gasteiger partial charge in [0, 0.05) is 0 Å². The minimum atomic E-state index is 1.03. The molecule has 66 valence electrons. The fraction of sp³-hybridized carbons (Fsp3) is 1.00.